The van der Waals surface area contributed by atoms with E-state index in [1.165, 1.54) is 0 Å². The van der Waals surface area contributed by atoms with Crippen LogP contribution in [0.2, 0.25) is 0 Å². The largest absolute Gasteiger partial charge is 0.481 e. The van der Waals surface area contributed by atoms with Gasteiger partial charge in [0.15, 0.2) is 0 Å². The monoisotopic (exact) mass is 299 g/mol. The zero-order valence-corrected chi connectivity index (χ0v) is 13.5. The summed E-state index contributed by atoms with van der Waals surface area (Å²) < 4.78 is 0. The molecular formula is C15H29N3O3. The van der Waals surface area contributed by atoms with Gasteiger partial charge in [0.1, 0.15) is 0 Å². The molecule has 1 aliphatic rings. The number of likely N-dealkylation sites (tertiary alicyclic amines) is 1. The minimum atomic E-state index is -0.757. The molecule has 0 aromatic rings. The van der Waals surface area contributed by atoms with Crippen LogP contribution in [0.15, 0.2) is 0 Å². The molecule has 1 rings (SSSR count). The minimum Gasteiger partial charge on any atom is -0.481 e. The van der Waals surface area contributed by atoms with E-state index >= 15 is 0 Å². The van der Waals surface area contributed by atoms with Gasteiger partial charge in [-0.3, -0.25) is 4.79 Å². The van der Waals surface area contributed by atoms with Crippen molar-refractivity contribution in [2.75, 3.05) is 40.3 Å². The predicted octanol–water partition coefficient (Wildman–Crippen LogP) is 1.47. The van der Waals surface area contributed by atoms with E-state index in [0.29, 0.717) is 24.8 Å². The van der Waals surface area contributed by atoms with E-state index in [0.717, 1.165) is 32.5 Å². The van der Waals surface area contributed by atoms with Crippen LogP contribution in [0.5, 0.6) is 0 Å². The molecule has 2 unspecified atom stereocenters. The van der Waals surface area contributed by atoms with Crippen LogP contribution in [0.3, 0.4) is 0 Å². The first-order chi connectivity index (χ1) is 9.88. The van der Waals surface area contributed by atoms with E-state index in [2.05, 4.69) is 17.3 Å². The third-order valence-electron chi connectivity index (χ3n) is 4.13. The lowest BCUT2D eigenvalue weighted by atomic mass is 10.0. The molecule has 0 bridgehead atoms. The number of hydrogen-bond acceptors (Lipinski definition) is 3. The lowest BCUT2D eigenvalue weighted by Gasteiger charge is -2.22. The van der Waals surface area contributed by atoms with Gasteiger partial charge in [0.2, 0.25) is 0 Å². The van der Waals surface area contributed by atoms with Gasteiger partial charge in [-0.25, -0.2) is 4.79 Å². The summed E-state index contributed by atoms with van der Waals surface area (Å²) in [4.78, 5) is 26.5. The van der Waals surface area contributed by atoms with Crippen LogP contribution in [0.4, 0.5) is 4.79 Å². The maximum Gasteiger partial charge on any atom is 0.317 e. The molecule has 1 fully saturated rings. The molecule has 21 heavy (non-hydrogen) atoms. The first-order valence-electron chi connectivity index (χ1n) is 7.77. The van der Waals surface area contributed by atoms with Crippen molar-refractivity contribution in [2.45, 2.75) is 32.6 Å². The number of urea groups is 1. The number of rotatable bonds is 8. The summed E-state index contributed by atoms with van der Waals surface area (Å²) in [7, 11) is 3.94. The highest BCUT2D eigenvalue weighted by Crippen LogP contribution is 2.15. The molecule has 6 heteroatoms. The molecule has 0 saturated carbocycles. The smallest absolute Gasteiger partial charge is 0.317 e. The van der Waals surface area contributed by atoms with Crippen LogP contribution in [-0.4, -0.2) is 67.2 Å². The molecule has 0 spiro atoms. The molecule has 1 saturated heterocycles. The molecule has 0 radical (unpaired) electrons. The second-order valence-corrected chi connectivity index (χ2v) is 6.36. The first-order valence-corrected chi connectivity index (χ1v) is 7.77. The van der Waals surface area contributed by atoms with Gasteiger partial charge in [-0.2, -0.15) is 0 Å². The molecule has 0 aromatic heterocycles. The number of amides is 2. The minimum absolute atomic E-state index is 0.0324. The Morgan fingerprint density at radius 3 is 2.71 bits per heavy atom. The highest BCUT2D eigenvalue weighted by Gasteiger charge is 2.22. The Bertz CT molecular complexity index is 349. The number of carbonyl (C=O) groups is 2. The number of nitrogens with zero attached hydrogens (tertiary/aromatic N) is 2. The quantitative estimate of drug-likeness (QED) is 0.712. The van der Waals surface area contributed by atoms with Crippen molar-refractivity contribution in [3.8, 4) is 0 Å². The average Bonchev–Trinajstić information content (AvgIpc) is 2.81. The van der Waals surface area contributed by atoms with Crippen molar-refractivity contribution in [3.05, 3.63) is 0 Å². The molecule has 1 aliphatic heterocycles. The summed E-state index contributed by atoms with van der Waals surface area (Å²) in [6, 6.07) is -0.0324. The van der Waals surface area contributed by atoms with Gasteiger partial charge in [0.25, 0.3) is 0 Å². The standard InChI is InChI=1S/C15H29N3O3/c1-12(4-5-14(19)20)6-8-16-15(21)18(3)11-13-7-9-17(2)10-13/h12-13H,4-11H2,1-3H3,(H,16,21)(H,19,20). The molecule has 6 nitrogen and oxygen atoms in total. The fourth-order valence-corrected chi connectivity index (χ4v) is 2.72. The van der Waals surface area contributed by atoms with Crippen LogP contribution in [0.25, 0.3) is 0 Å². The van der Waals surface area contributed by atoms with E-state index < -0.39 is 5.97 Å². The second kappa shape index (κ2) is 8.87. The highest BCUT2D eigenvalue weighted by molar-refractivity contribution is 5.73. The molecule has 122 valence electrons. The van der Waals surface area contributed by atoms with E-state index in [1.807, 2.05) is 14.0 Å². The van der Waals surface area contributed by atoms with Crippen molar-refractivity contribution in [3.63, 3.8) is 0 Å². The highest BCUT2D eigenvalue weighted by atomic mass is 16.4. The summed E-state index contributed by atoms with van der Waals surface area (Å²) in [5.74, 6) is 0.127. The van der Waals surface area contributed by atoms with Crippen LogP contribution in [-0.2, 0) is 4.79 Å². The Morgan fingerprint density at radius 1 is 1.43 bits per heavy atom. The van der Waals surface area contributed by atoms with Gasteiger partial charge < -0.3 is 20.2 Å². The van der Waals surface area contributed by atoms with E-state index in [-0.39, 0.29) is 12.5 Å². The summed E-state index contributed by atoms with van der Waals surface area (Å²) in [6.45, 7) is 5.59. The molecule has 0 aliphatic carbocycles. The number of carbonyl (C=O) groups excluding carboxylic acids is 1. The number of aliphatic carboxylic acids is 1. The van der Waals surface area contributed by atoms with E-state index in [9.17, 15) is 9.59 Å². The van der Waals surface area contributed by atoms with Crippen molar-refractivity contribution in [1.29, 1.82) is 0 Å². The van der Waals surface area contributed by atoms with E-state index in [4.69, 9.17) is 5.11 Å². The second-order valence-electron chi connectivity index (χ2n) is 6.36. The van der Waals surface area contributed by atoms with Gasteiger partial charge in [0, 0.05) is 33.1 Å². The van der Waals surface area contributed by atoms with Gasteiger partial charge in [-0.15, -0.1) is 0 Å². The third-order valence-corrected chi connectivity index (χ3v) is 4.13. The van der Waals surface area contributed by atoms with Gasteiger partial charge in [-0.05, 0) is 44.7 Å². The van der Waals surface area contributed by atoms with Gasteiger partial charge >= 0.3 is 12.0 Å². The number of nitrogens with one attached hydrogen (secondary N) is 1. The molecule has 2 N–H and O–H groups in total. The lowest BCUT2D eigenvalue weighted by molar-refractivity contribution is -0.137. The van der Waals surface area contributed by atoms with Crippen LogP contribution in [0, 0.1) is 11.8 Å². The van der Waals surface area contributed by atoms with Crippen molar-refractivity contribution >= 4 is 12.0 Å². The maximum absolute atomic E-state index is 12.0. The normalized spacial score (nSPS) is 20.2. The van der Waals surface area contributed by atoms with Gasteiger partial charge in [0.05, 0.1) is 0 Å². The number of carboxylic acids is 1. The SMILES string of the molecule is CC(CCNC(=O)N(C)CC1CCN(C)C1)CCC(=O)O. The van der Waals surface area contributed by atoms with E-state index in [1.54, 1.807) is 4.90 Å². The molecule has 2 atom stereocenters. The molecular weight excluding hydrogens is 270 g/mol. The Hall–Kier alpha value is -1.30. The fraction of sp³-hybridized carbons (Fsp3) is 0.867. The Morgan fingerprint density at radius 2 is 2.14 bits per heavy atom. The first kappa shape index (κ1) is 17.8. The number of hydrogen-bond donors (Lipinski definition) is 2. The van der Waals surface area contributed by atoms with Crippen LogP contribution in [0.1, 0.15) is 32.6 Å². The Labute approximate surface area is 127 Å². The summed E-state index contributed by atoms with van der Waals surface area (Å²) in [5.41, 5.74) is 0. The zero-order valence-electron chi connectivity index (χ0n) is 13.5. The molecule has 0 aromatic carbocycles. The summed E-state index contributed by atoms with van der Waals surface area (Å²) in [6.07, 6.45) is 2.83. The summed E-state index contributed by atoms with van der Waals surface area (Å²) in [5, 5.41) is 11.5. The number of carboxylic acid groups (broad SMARTS) is 1. The Kier molecular flexibility index (Phi) is 7.50. The Balaban J connectivity index is 2.13. The zero-order chi connectivity index (χ0) is 15.8. The average molecular weight is 299 g/mol. The fourth-order valence-electron chi connectivity index (χ4n) is 2.72. The van der Waals surface area contributed by atoms with Crippen molar-refractivity contribution in [1.82, 2.24) is 15.1 Å². The third kappa shape index (κ3) is 7.32. The molecule has 1 heterocycles. The van der Waals surface area contributed by atoms with Crippen LogP contribution >= 0.6 is 0 Å². The van der Waals surface area contributed by atoms with Gasteiger partial charge in [-0.1, -0.05) is 6.92 Å². The topological polar surface area (TPSA) is 72.9 Å². The van der Waals surface area contributed by atoms with Crippen molar-refractivity contribution in [2.24, 2.45) is 11.8 Å². The predicted molar refractivity (Wildman–Crippen MR) is 82.3 cm³/mol. The maximum atomic E-state index is 12.0. The lowest BCUT2D eigenvalue weighted by Crippen LogP contribution is -2.40. The van der Waals surface area contributed by atoms with Crippen LogP contribution < -0.4 is 5.32 Å². The summed E-state index contributed by atoms with van der Waals surface area (Å²) >= 11 is 0. The molecule has 2 amide bonds. The van der Waals surface area contributed by atoms with Crippen molar-refractivity contribution < 1.29 is 14.7 Å².